The number of nitrogens with zero attached hydrogens (tertiary/aromatic N) is 2. The highest BCUT2D eigenvalue weighted by Crippen LogP contribution is 2.22. The van der Waals surface area contributed by atoms with Crippen molar-refractivity contribution in [3.05, 3.63) is 41.7 Å². The standard InChI is InChI=1S/C11H14N4OS/c1-2-16-9-5-3-8(4-6-9)11(14-12)10-7-13-17-15-10/h3-7,11,14H,2,12H2,1H3. The van der Waals surface area contributed by atoms with Crippen LogP contribution in [0.1, 0.15) is 24.2 Å². The number of hydrazine groups is 1. The Bertz CT molecular complexity index is 443. The smallest absolute Gasteiger partial charge is 0.119 e. The molecule has 5 nitrogen and oxygen atoms in total. The first-order valence-electron chi connectivity index (χ1n) is 5.31. The monoisotopic (exact) mass is 250 g/mol. The van der Waals surface area contributed by atoms with Crippen LogP contribution in [0.2, 0.25) is 0 Å². The fraction of sp³-hybridized carbons (Fsp3) is 0.273. The molecule has 0 saturated carbocycles. The Morgan fingerprint density at radius 3 is 2.71 bits per heavy atom. The Morgan fingerprint density at radius 1 is 1.41 bits per heavy atom. The zero-order chi connectivity index (χ0) is 12.1. The minimum Gasteiger partial charge on any atom is -0.494 e. The molecule has 0 aliphatic heterocycles. The molecule has 1 heterocycles. The Labute approximate surface area is 104 Å². The van der Waals surface area contributed by atoms with Crippen molar-refractivity contribution < 1.29 is 4.74 Å². The number of hydrogen-bond acceptors (Lipinski definition) is 6. The SMILES string of the molecule is CCOc1ccc(C(NN)c2cnsn2)cc1. The van der Waals surface area contributed by atoms with Gasteiger partial charge in [-0.05, 0) is 24.6 Å². The van der Waals surface area contributed by atoms with Crippen LogP contribution in [0.25, 0.3) is 0 Å². The third kappa shape index (κ3) is 2.79. The molecule has 90 valence electrons. The quantitative estimate of drug-likeness (QED) is 0.621. The summed E-state index contributed by atoms with van der Waals surface area (Å²) in [5, 5.41) is 0. The van der Waals surface area contributed by atoms with Gasteiger partial charge in [0, 0.05) is 0 Å². The van der Waals surface area contributed by atoms with Crippen molar-refractivity contribution in [2.75, 3.05) is 6.61 Å². The van der Waals surface area contributed by atoms with Gasteiger partial charge >= 0.3 is 0 Å². The topological polar surface area (TPSA) is 73.1 Å². The number of rotatable bonds is 5. The van der Waals surface area contributed by atoms with Crippen LogP contribution in [0.3, 0.4) is 0 Å². The fourth-order valence-electron chi connectivity index (χ4n) is 1.57. The van der Waals surface area contributed by atoms with E-state index >= 15 is 0 Å². The number of aromatic nitrogens is 2. The van der Waals surface area contributed by atoms with Crippen LogP contribution in [-0.2, 0) is 0 Å². The molecular formula is C11H14N4OS. The van der Waals surface area contributed by atoms with Crippen LogP contribution in [-0.4, -0.2) is 15.4 Å². The maximum atomic E-state index is 5.55. The zero-order valence-corrected chi connectivity index (χ0v) is 10.3. The van der Waals surface area contributed by atoms with Gasteiger partial charge < -0.3 is 4.74 Å². The Morgan fingerprint density at radius 2 is 2.18 bits per heavy atom. The summed E-state index contributed by atoms with van der Waals surface area (Å²) in [6.07, 6.45) is 1.71. The molecule has 1 atom stereocenters. The minimum atomic E-state index is -0.135. The van der Waals surface area contributed by atoms with Gasteiger partial charge in [-0.1, -0.05) is 12.1 Å². The second-order valence-electron chi connectivity index (χ2n) is 3.43. The van der Waals surface area contributed by atoms with Crippen LogP contribution in [0, 0.1) is 0 Å². The van der Waals surface area contributed by atoms with Gasteiger partial charge in [-0.15, -0.1) is 0 Å². The second-order valence-corrected chi connectivity index (χ2v) is 3.99. The molecule has 0 saturated heterocycles. The summed E-state index contributed by atoms with van der Waals surface area (Å²) < 4.78 is 13.5. The van der Waals surface area contributed by atoms with Crippen LogP contribution in [0.5, 0.6) is 5.75 Å². The lowest BCUT2D eigenvalue weighted by molar-refractivity contribution is 0.340. The van der Waals surface area contributed by atoms with E-state index in [9.17, 15) is 0 Å². The number of hydrogen-bond donors (Lipinski definition) is 2. The predicted molar refractivity (Wildman–Crippen MR) is 66.7 cm³/mol. The molecule has 17 heavy (non-hydrogen) atoms. The van der Waals surface area contributed by atoms with Gasteiger partial charge in [-0.3, -0.25) is 5.84 Å². The molecule has 6 heteroatoms. The van der Waals surface area contributed by atoms with Crippen LogP contribution >= 0.6 is 11.7 Å². The lowest BCUT2D eigenvalue weighted by Crippen LogP contribution is -2.29. The fourth-order valence-corrected chi connectivity index (χ4v) is 2.02. The zero-order valence-electron chi connectivity index (χ0n) is 9.46. The average Bonchev–Trinajstić information content (AvgIpc) is 2.86. The van der Waals surface area contributed by atoms with E-state index in [0.717, 1.165) is 17.0 Å². The van der Waals surface area contributed by atoms with Crippen LogP contribution < -0.4 is 16.0 Å². The van der Waals surface area contributed by atoms with E-state index in [1.807, 2.05) is 31.2 Å². The van der Waals surface area contributed by atoms with E-state index in [1.54, 1.807) is 6.20 Å². The first-order valence-corrected chi connectivity index (χ1v) is 6.04. The summed E-state index contributed by atoms with van der Waals surface area (Å²) in [6.45, 7) is 2.62. The summed E-state index contributed by atoms with van der Waals surface area (Å²) in [5.74, 6) is 6.40. The molecule has 0 aliphatic carbocycles. The maximum Gasteiger partial charge on any atom is 0.119 e. The van der Waals surface area contributed by atoms with Gasteiger partial charge in [0.15, 0.2) is 0 Å². The highest BCUT2D eigenvalue weighted by molar-refractivity contribution is 6.99. The van der Waals surface area contributed by atoms with Gasteiger partial charge in [0.2, 0.25) is 0 Å². The lowest BCUT2D eigenvalue weighted by Gasteiger charge is -2.13. The number of nitrogens with one attached hydrogen (secondary N) is 1. The highest BCUT2D eigenvalue weighted by Gasteiger charge is 2.14. The van der Waals surface area contributed by atoms with Gasteiger partial charge in [0.25, 0.3) is 0 Å². The van der Waals surface area contributed by atoms with E-state index in [4.69, 9.17) is 10.6 Å². The Hall–Kier alpha value is -1.50. The first-order chi connectivity index (χ1) is 8.35. The van der Waals surface area contributed by atoms with Gasteiger partial charge in [-0.25, -0.2) is 5.43 Å². The predicted octanol–water partition coefficient (Wildman–Crippen LogP) is 1.49. The van der Waals surface area contributed by atoms with Crippen molar-refractivity contribution in [1.29, 1.82) is 0 Å². The summed E-state index contributed by atoms with van der Waals surface area (Å²) in [4.78, 5) is 0. The molecule has 3 N–H and O–H groups in total. The van der Waals surface area contributed by atoms with Gasteiger partial charge in [-0.2, -0.15) is 8.75 Å². The maximum absolute atomic E-state index is 5.55. The van der Waals surface area contributed by atoms with Crippen molar-refractivity contribution in [1.82, 2.24) is 14.2 Å². The summed E-state index contributed by atoms with van der Waals surface area (Å²) in [5.41, 5.74) is 4.59. The average molecular weight is 250 g/mol. The molecule has 0 amide bonds. The lowest BCUT2D eigenvalue weighted by atomic mass is 10.1. The van der Waals surface area contributed by atoms with E-state index in [-0.39, 0.29) is 6.04 Å². The summed E-state index contributed by atoms with van der Waals surface area (Å²) in [7, 11) is 0. The first kappa shape index (κ1) is 12.0. The highest BCUT2D eigenvalue weighted by atomic mass is 32.1. The molecule has 1 unspecified atom stereocenters. The van der Waals surface area contributed by atoms with Gasteiger partial charge in [0.1, 0.15) is 5.75 Å². The number of nitrogens with two attached hydrogens (primary N) is 1. The van der Waals surface area contributed by atoms with E-state index < -0.39 is 0 Å². The van der Waals surface area contributed by atoms with Crippen molar-refractivity contribution in [2.24, 2.45) is 5.84 Å². The van der Waals surface area contributed by atoms with Gasteiger partial charge in [0.05, 0.1) is 36.3 Å². The normalized spacial score (nSPS) is 12.4. The molecule has 0 radical (unpaired) electrons. The summed E-state index contributed by atoms with van der Waals surface area (Å²) >= 11 is 1.17. The van der Waals surface area contributed by atoms with E-state index in [1.165, 1.54) is 11.7 Å². The van der Waals surface area contributed by atoms with E-state index in [0.29, 0.717) is 6.61 Å². The van der Waals surface area contributed by atoms with Crippen LogP contribution in [0.4, 0.5) is 0 Å². The molecule has 0 aliphatic rings. The number of benzene rings is 1. The molecule has 1 aromatic heterocycles. The molecular weight excluding hydrogens is 236 g/mol. The summed E-state index contributed by atoms with van der Waals surface area (Å²) in [6, 6.07) is 7.64. The van der Waals surface area contributed by atoms with Crippen LogP contribution in [0.15, 0.2) is 30.5 Å². The molecule has 2 aromatic rings. The number of ether oxygens (including phenoxy) is 1. The molecule has 2 rings (SSSR count). The third-order valence-electron chi connectivity index (χ3n) is 2.37. The molecule has 1 aromatic carbocycles. The van der Waals surface area contributed by atoms with Crippen molar-refractivity contribution >= 4 is 11.7 Å². The minimum absolute atomic E-state index is 0.135. The van der Waals surface area contributed by atoms with Crippen molar-refractivity contribution in [3.8, 4) is 5.75 Å². The Kier molecular flexibility index (Phi) is 4.03. The molecule has 0 bridgehead atoms. The molecule has 0 spiro atoms. The van der Waals surface area contributed by atoms with Crippen molar-refractivity contribution in [3.63, 3.8) is 0 Å². The largest absolute Gasteiger partial charge is 0.494 e. The second kappa shape index (κ2) is 5.72. The van der Waals surface area contributed by atoms with E-state index in [2.05, 4.69) is 14.2 Å². The van der Waals surface area contributed by atoms with Crippen molar-refractivity contribution in [2.45, 2.75) is 13.0 Å². The molecule has 0 fully saturated rings. The Balaban J connectivity index is 2.20. The third-order valence-corrected chi connectivity index (χ3v) is 2.86.